The molecule has 0 radical (unpaired) electrons. The standard InChI is InChI=1S/C67H60N4O/c1-46-20-27-57-56-18-11-19-58(63(56)72-64(57)71-46)62-36-59(52-25-23-51(24-26-52)50-12-5-2-6-13-50)55(42-70-62)32-35-67-39-49-37-65(44-67,33-30-47-21-28-60(68-40-47)53-14-7-3-8-15-53)43-66(38-49,45-67)34-31-48-22-29-61(69-41-48)54-16-9-4-10-17-54/h2-29,36,40-42,49H,30-35,37-39,43-45H2,1H3/i1D3,33D2,35D2. The fraction of sp³-hybridized carbons (Fsp3) is 0.254. The maximum Gasteiger partial charge on any atom is 0.227 e. The van der Waals surface area contributed by atoms with Gasteiger partial charge in [-0.25, -0.2) is 4.98 Å². The molecule has 0 saturated heterocycles. The van der Waals surface area contributed by atoms with Gasteiger partial charge in [-0.05, 0) is 181 Å². The Morgan fingerprint density at radius 3 is 1.74 bits per heavy atom. The van der Waals surface area contributed by atoms with Crippen molar-refractivity contribution >= 4 is 22.1 Å². The molecule has 5 heterocycles. The lowest BCUT2D eigenvalue weighted by Gasteiger charge is -2.67. The van der Waals surface area contributed by atoms with Gasteiger partial charge in [0.15, 0.2) is 0 Å². The first kappa shape index (κ1) is 37.3. The van der Waals surface area contributed by atoms with Gasteiger partial charge in [-0.2, -0.15) is 0 Å². The smallest absolute Gasteiger partial charge is 0.227 e. The molecule has 4 fully saturated rings. The lowest BCUT2D eigenvalue weighted by molar-refractivity contribution is -0.166. The van der Waals surface area contributed by atoms with Crippen LogP contribution in [0.2, 0.25) is 0 Å². The first-order valence-corrected chi connectivity index (χ1v) is 25.6. The lowest BCUT2D eigenvalue weighted by Crippen LogP contribution is -2.57. The molecular formula is C67H60N4O. The minimum absolute atomic E-state index is 0.0390. The predicted octanol–water partition coefficient (Wildman–Crippen LogP) is 17.0. The Bertz CT molecular complexity index is 3850. The molecular weight excluding hydrogens is 877 g/mol. The SMILES string of the molecule is [2H]C([2H])([2H])c1ccc2c(n1)oc1c(-c3cc(-c4ccc(-c5ccccc5)cc4)c(CC([2H])([2H])C45CC6CC(CCc7ccc(-c8ccccc8)nc7)(CC(C([2H])([2H])Cc7ccc(-c8ccccc8)nc7)(C6)C4)C5)cn3)cccc12. The molecule has 5 aromatic carbocycles. The zero-order chi connectivity index (χ0) is 54.2. The molecule has 10 aromatic rings. The normalized spacial score (nSPS) is 23.2. The molecule has 354 valence electrons. The van der Waals surface area contributed by atoms with E-state index in [1.54, 1.807) is 6.07 Å². The van der Waals surface area contributed by atoms with E-state index >= 15 is 0 Å². The van der Waals surface area contributed by atoms with Crippen molar-refractivity contribution in [1.29, 1.82) is 0 Å². The van der Waals surface area contributed by atoms with Gasteiger partial charge in [0.25, 0.3) is 0 Å². The van der Waals surface area contributed by atoms with Crippen LogP contribution in [-0.4, -0.2) is 19.9 Å². The average Bonchev–Trinajstić information content (AvgIpc) is 2.93. The summed E-state index contributed by atoms with van der Waals surface area (Å²) in [6.07, 6.45) is 8.40. The van der Waals surface area contributed by atoms with Crippen molar-refractivity contribution in [2.75, 3.05) is 0 Å². The van der Waals surface area contributed by atoms with Gasteiger partial charge in [-0.15, -0.1) is 0 Å². The van der Waals surface area contributed by atoms with E-state index < -0.39 is 30.4 Å². The number of hydrogen-bond donors (Lipinski definition) is 0. The fourth-order valence-electron chi connectivity index (χ4n) is 13.3. The molecule has 5 aromatic heterocycles. The first-order chi connectivity index (χ1) is 38.1. The van der Waals surface area contributed by atoms with E-state index in [9.17, 15) is 5.48 Å². The second kappa shape index (κ2) is 18.3. The molecule has 0 N–H and O–H groups in total. The van der Waals surface area contributed by atoms with Crippen molar-refractivity contribution in [2.24, 2.45) is 22.2 Å². The Hall–Kier alpha value is -7.50. The molecule has 0 spiro atoms. The maximum absolute atomic E-state index is 10.6. The van der Waals surface area contributed by atoms with Crippen LogP contribution in [-0.2, 0) is 19.3 Å². The quantitative estimate of drug-likeness (QED) is 0.109. The van der Waals surface area contributed by atoms with Crippen LogP contribution >= 0.6 is 0 Å². The van der Waals surface area contributed by atoms with Crippen molar-refractivity contribution in [3.05, 3.63) is 217 Å². The number of benzene rings is 5. The largest absolute Gasteiger partial charge is 0.437 e. The third-order valence-corrected chi connectivity index (χ3v) is 16.2. The Morgan fingerprint density at radius 1 is 0.500 bits per heavy atom. The van der Waals surface area contributed by atoms with Crippen LogP contribution in [0.15, 0.2) is 199 Å². The van der Waals surface area contributed by atoms with Gasteiger partial charge in [0.05, 0.1) is 17.1 Å². The Kier molecular flexibility index (Phi) is 9.47. The van der Waals surface area contributed by atoms with Gasteiger partial charge < -0.3 is 4.42 Å². The highest BCUT2D eigenvalue weighted by Crippen LogP contribution is 2.73. The molecule has 5 nitrogen and oxygen atoms in total. The van der Waals surface area contributed by atoms with Crippen LogP contribution in [0.25, 0.3) is 78.1 Å². The predicted molar refractivity (Wildman–Crippen MR) is 293 cm³/mol. The molecule has 4 aliphatic rings. The molecule has 0 aliphatic heterocycles. The van der Waals surface area contributed by atoms with E-state index in [-0.39, 0.29) is 35.6 Å². The number of aromatic nitrogens is 4. The van der Waals surface area contributed by atoms with Crippen molar-refractivity contribution < 1.29 is 14.0 Å². The van der Waals surface area contributed by atoms with Gasteiger partial charge >= 0.3 is 0 Å². The molecule has 72 heavy (non-hydrogen) atoms. The topological polar surface area (TPSA) is 64.7 Å². The summed E-state index contributed by atoms with van der Waals surface area (Å²) >= 11 is 0. The maximum atomic E-state index is 10.6. The van der Waals surface area contributed by atoms with E-state index in [1.165, 1.54) is 6.07 Å². The van der Waals surface area contributed by atoms with Crippen molar-refractivity contribution in [1.82, 2.24) is 19.9 Å². The van der Waals surface area contributed by atoms with Crippen molar-refractivity contribution in [3.8, 4) is 56.0 Å². The zero-order valence-electron chi connectivity index (χ0n) is 47.3. The minimum atomic E-state index is -2.40. The summed E-state index contributed by atoms with van der Waals surface area (Å²) in [6, 6.07) is 58.4. The first-order valence-electron chi connectivity index (χ1n) is 29.1. The molecule has 4 unspecified atom stereocenters. The van der Waals surface area contributed by atoms with Gasteiger partial charge in [0, 0.05) is 61.3 Å². The molecule has 4 aliphatic carbocycles. The van der Waals surface area contributed by atoms with Gasteiger partial charge in [0.2, 0.25) is 5.71 Å². The third kappa shape index (κ3) is 8.63. The Labute approximate surface area is 433 Å². The van der Waals surface area contributed by atoms with E-state index in [0.717, 1.165) is 92.5 Å². The summed E-state index contributed by atoms with van der Waals surface area (Å²) in [7, 11) is 0. The van der Waals surface area contributed by atoms with E-state index in [0.29, 0.717) is 47.9 Å². The number of nitrogens with zero attached hydrogens (tertiary/aromatic N) is 4. The Balaban J connectivity index is 0.880. The number of rotatable bonds is 14. The summed E-state index contributed by atoms with van der Waals surface area (Å²) in [5.41, 5.74) is 10.8. The van der Waals surface area contributed by atoms with Crippen molar-refractivity contribution in [3.63, 3.8) is 0 Å². The van der Waals surface area contributed by atoms with Crippen LogP contribution in [0.3, 0.4) is 0 Å². The summed E-state index contributed by atoms with van der Waals surface area (Å²) in [6.45, 7) is -2.40. The summed E-state index contributed by atoms with van der Waals surface area (Å²) < 4.78 is 72.2. The van der Waals surface area contributed by atoms with Crippen molar-refractivity contribution in [2.45, 2.75) is 83.8 Å². The van der Waals surface area contributed by atoms with Crippen LogP contribution in [0, 0.1) is 29.0 Å². The van der Waals surface area contributed by atoms with Crippen LogP contribution < -0.4 is 0 Å². The van der Waals surface area contributed by atoms with Crippen LogP contribution in [0.5, 0.6) is 0 Å². The van der Waals surface area contributed by atoms with Crippen LogP contribution in [0.1, 0.15) is 89.7 Å². The third-order valence-electron chi connectivity index (χ3n) is 16.2. The fourth-order valence-corrected chi connectivity index (χ4v) is 13.3. The van der Waals surface area contributed by atoms with E-state index in [2.05, 4.69) is 65.6 Å². The number of furan rings is 1. The molecule has 4 saturated carbocycles. The highest BCUT2D eigenvalue weighted by Gasteiger charge is 2.62. The molecule has 4 atom stereocenters. The summed E-state index contributed by atoms with van der Waals surface area (Å²) in [5.74, 6) is 0.165. The highest BCUT2D eigenvalue weighted by molar-refractivity contribution is 6.08. The lowest BCUT2D eigenvalue weighted by atomic mass is 9.37. The number of aryl methyl sites for hydroxylation is 4. The summed E-state index contributed by atoms with van der Waals surface area (Å²) in [5, 5.41) is 1.50. The zero-order valence-corrected chi connectivity index (χ0v) is 40.3. The number of hydrogen-bond acceptors (Lipinski definition) is 5. The second-order valence-electron chi connectivity index (χ2n) is 21.1. The number of fused-ring (bicyclic) bond motifs is 3. The van der Waals surface area contributed by atoms with Crippen LogP contribution in [0.4, 0.5) is 0 Å². The van der Waals surface area contributed by atoms with Gasteiger partial charge in [-0.3, -0.25) is 15.0 Å². The monoisotopic (exact) mass is 944 g/mol. The minimum Gasteiger partial charge on any atom is -0.437 e. The molecule has 5 heteroatoms. The summed E-state index contributed by atoms with van der Waals surface area (Å²) in [4.78, 5) is 19.3. The number of pyridine rings is 4. The molecule has 14 rings (SSSR count). The average molecular weight is 944 g/mol. The highest BCUT2D eigenvalue weighted by atomic mass is 16.3. The molecule has 4 bridgehead atoms. The molecule has 0 amide bonds. The van der Waals surface area contributed by atoms with Gasteiger partial charge in [-0.1, -0.05) is 140 Å². The Morgan fingerprint density at radius 2 is 1.08 bits per heavy atom. The second-order valence-corrected chi connectivity index (χ2v) is 21.1. The van der Waals surface area contributed by atoms with E-state index in [1.807, 2.05) is 122 Å². The van der Waals surface area contributed by atoms with E-state index in [4.69, 9.17) is 23.5 Å². The number of para-hydroxylation sites is 1. The van der Waals surface area contributed by atoms with Gasteiger partial charge in [0.1, 0.15) is 5.58 Å².